The highest BCUT2D eigenvalue weighted by Gasteiger charge is 2.19. The number of anilines is 2. The molecule has 0 saturated carbocycles. The molecule has 0 radical (unpaired) electrons. The van der Waals surface area contributed by atoms with E-state index >= 15 is 0 Å². The number of hydrogen-bond donors (Lipinski definition) is 2. The third-order valence-electron chi connectivity index (χ3n) is 3.86. The van der Waals surface area contributed by atoms with Crippen molar-refractivity contribution in [1.29, 1.82) is 0 Å². The van der Waals surface area contributed by atoms with Crippen LogP contribution in [0.25, 0.3) is 10.2 Å². The van der Waals surface area contributed by atoms with E-state index in [4.69, 9.17) is 4.74 Å². The minimum absolute atomic E-state index is 0.142. The number of thiophene rings is 1. The van der Waals surface area contributed by atoms with Crippen molar-refractivity contribution >= 4 is 50.7 Å². The second-order valence-electron chi connectivity index (χ2n) is 6.03. The van der Waals surface area contributed by atoms with Gasteiger partial charge in [-0.2, -0.15) is 0 Å². The van der Waals surface area contributed by atoms with Gasteiger partial charge < -0.3 is 15.4 Å². The number of amides is 2. The summed E-state index contributed by atoms with van der Waals surface area (Å²) in [7, 11) is 0. The Labute approximate surface area is 169 Å². The van der Waals surface area contributed by atoms with Gasteiger partial charge in [-0.15, -0.1) is 11.3 Å². The standard InChI is InChI=1S/C19H18N4O5S/c1-3-28-19(27)14-9-29-17-16(14)18(26)23(10-20-17)8-15(25)22-13-6-4-12(5-7-13)21-11(2)24/h4-7,9-10H,3,8H2,1-2H3,(H,21,24)(H,22,25). The molecule has 3 aromatic rings. The molecule has 0 aliphatic carbocycles. The van der Waals surface area contributed by atoms with E-state index in [0.717, 1.165) is 15.9 Å². The second-order valence-corrected chi connectivity index (χ2v) is 6.89. The Morgan fingerprint density at radius 1 is 1.14 bits per heavy atom. The van der Waals surface area contributed by atoms with Gasteiger partial charge in [0.15, 0.2) is 0 Å². The third kappa shape index (κ3) is 4.66. The number of nitrogens with one attached hydrogen (secondary N) is 2. The van der Waals surface area contributed by atoms with Gasteiger partial charge in [0.1, 0.15) is 11.4 Å². The zero-order chi connectivity index (χ0) is 21.0. The van der Waals surface area contributed by atoms with E-state index in [1.807, 2.05) is 0 Å². The Balaban J connectivity index is 1.77. The lowest BCUT2D eigenvalue weighted by Gasteiger charge is -2.09. The predicted molar refractivity (Wildman–Crippen MR) is 109 cm³/mol. The van der Waals surface area contributed by atoms with E-state index < -0.39 is 17.4 Å². The number of rotatable bonds is 6. The molecular formula is C19H18N4O5S. The summed E-state index contributed by atoms with van der Waals surface area (Å²) in [5.41, 5.74) is 0.766. The molecule has 3 rings (SSSR count). The van der Waals surface area contributed by atoms with E-state index in [-0.39, 0.29) is 30.0 Å². The Kier molecular flexibility index (Phi) is 6.03. The van der Waals surface area contributed by atoms with Crippen molar-refractivity contribution < 1.29 is 19.1 Å². The van der Waals surface area contributed by atoms with Crippen LogP contribution in [-0.4, -0.2) is 33.9 Å². The molecule has 0 aliphatic rings. The maximum Gasteiger partial charge on any atom is 0.339 e. The first kappa shape index (κ1) is 20.2. The van der Waals surface area contributed by atoms with Gasteiger partial charge in [-0.1, -0.05) is 0 Å². The van der Waals surface area contributed by atoms with Crippen molar-refractivity contribution in [2.45, 2.75) is 20.4 Å². The summed E-state index contributed by atoms with van der Waals surface area (Å²) in [6.45, 7) is 3.00. The summed E-state index contributed by atoms with van der Waals surface area (Å²) in [5, 5.41) is 6.97. The van der Waals surface area contributed by atoms with Gasteiger partial charge in [0.25, 0.3) is 5.56 Å². The van der Waals surface area contributed by atoms with Crippen molar-refractivity contribution in [3.8, 4) is 0 Å². The van der Waals surface area contributed by atoms with Crippen molar-refractivity contribution in [3.05, 3.63) is 51.9 Å². The highest BCUT2D eigenvalue weighted by Crippen LogP contribution is 2.21. The maximum absolute atomic E-state index is 12.8. The number of ether oxygens (including phenoxy) is 1. The van der Waals surface area contributed by atoms with Crippen LogP contribution in [0.4, 0.5) is 11.4 Å². The SMILES string of the molecule is CCOC(=O)c1csc2ncn(CC(=O)Nc3ccc(NC(C)=O)cc3)c(=O)c12. The van der Waals surface area contributed by atoms with Gasteiger partial charge in [-0.25, -0.2) is 9.78 Å². The van der Waals surface area contributed by atoms with Crippen LogP contribution in [-0.2, 0) is 20.9 Å². The van der Waals surface area contributed by atoms with Crippen molar-refractivity contribution in [1.82, 2.24) is 9.55 Å². The molecule has 0 bridgehead atoms. The Hall–Kier alpha value is -3.53. The summed E-state index contributed by atoms with van der Waals surface area (Å²) in [4.78, 5) is 52.7. The molecule has 29 heavy (non-hydrogen) atoms. The smallest absolute Gasteiger partial charge is 0.339 e. The number of benzene rings is 1. The summed E-state index contributed by atoms with van der Waals surface area (Å²) in [5.74, 6) is -1.23. The molecule has 10 heteroatoms. The molecule has 1 aromatic carbocycles. The van der Waals surface area contributed by atoms with Gasteiger partial charge in [0.2, 0.25) is 11.8 Å². The molecular weight excluding hydrogens is 396 g/mol. The largest absolute Gasteiger partial charge is 0.462 e. The Morgan fingerprint density at radius 3 is 2.41 bits per heavy atom. The minimum atomic E-state index is -0.598. The van der Waals surface area contributed by atoms with Gasteiger partial charge in [-0.05, 0) is 31.2 Å². The fourth-order valence-electron chi connectivity index (χ4n) is 2.63. The number of hydrogen-bond acceptors (Lipinski definition) is 7. The van der Waals surface area contributed by atoms with Crippen LogP contribution in [0.5, 0.6) is 0 Å². The minimum Gasteiger partial charge on any atom is -0.462 e. The first-order valence-electron chi connectivity index (χ1n) is 8.70. The summed E-state index contributed by atoms with van der Waals surface area (Å²) in [6, 6.07) is 6.55. The van der Waals surface area contributed by atoms with Crippen molar-refractivity contribution in [3.63, 3.8) is 0 Å². The normalized spacial score (nSPS) is 10.6. The van der Waals surface area contributed by atoms with Gasteiger partial charge >= 0.3 is 5.97 Å². The molecule has 2 amide bonds. The van der Waals surface area contributed by atoms with Gasteiger partial charge in [0, 0.05) is 23.7 Å². The van der Waals surface area contributed by atoms with Crippen LogP contribution < -0.4 is 16.2 Å². The average Bonchev–Trinajstić information content (AvgIpc) is 3.10. The number of carbonyl (C=O) groups excluding carboxylic acids is 3. The topological polar surface area (TPSA) is 119 Å². The molecule has 0 fully saturated rings. The first-order chi connectivity index (χ1) is 13.9. The summed E-state index contributed by atoms with van der Waals surface area (Å²) < 4.78 is 6.11. The number of carbonyl (C=O) groups is 3. The van der Waals surface area contributed by atoms with E-state index in [9.17, 15) is 19.2 Å². The molecule has 150 valence electrons. The quantitative estimate of drug-likeness (QED) is 0.597. The van der Waals surface area contributed by atoms with Gasteiger partial charge in [-0.3, -0.25) is 19.0 Å². The molecule has 0 spiro atoms. The molecule has 2 aromatic heterocycles. The highest BCUT2D eigenvalue weighted by atomic mass is 32.1. The number of nitrogens with zero attached hydrogens (tertiary/aromatic N) is 2. The first-order valence-corrected chi connectivity index (χ1v) is 9.58. The molecule has 2 N–H and O–H groups in total. The monoisotopic (exact) mass is 414 g/mol. The van der Waals surface area contributed by atoms with Crippen molar-refractivity contribution in [2.24, 2.45) is 0 Å². The van der Waals surface area contributed by atoms with E-state index in [1.54, 1.807) is 31.2 Å². The van der Waals surface area contributed by atoms with Crippen LogP contribution >= 0.6 is 11.3 Å². The van der Waals surface area contributed by atoms with Gasteiger partial charge in [0.05, 0.1) is 23.9 Å². The Morgan fingerprint density at radius 2 is 1.79 bits per heavy atom. The second kappa shape index (κ2) is 8.65. The van der Waals surface area contributed by atoms with E-state index in [2.05, 4.69) is 15.6 Å². The van der Waals surface area contributed by atoms with Crippen LogP contribution in [0.1, 0.15) is 24.2 Å². The lowest BCUT2D eigenvalue weighted by molar-refractivity contribution is -0.117. The Bertz CT molecular complexity index is 1130. The van der Waals surface area contributed by atoms with Crippen LogP contribution in [0.15, 0.2) is 40.8 Å². The van der Waals surface area contributed by atoms with Crippen LogP contribution in [0.3, 0.4) is 0 Å². The zero-order valence-electron chi connectivity index (χ0n) is 15.7. The molecule has 0 unspecified atom stereocenters. The van der Waals surface area contributed by atoms with E-state index in [0.29, 0.717) is 16.2 Å². The van der Waals surface area contributed by atoms with E-state index in [1.165, 1.54) is 18.6 Å². The zero-order valence-corrected chi connectivity index (χ0v) is 16.5. The molecule has 0 atom stereocenters. The van der Waals surface area contributed by atoms with Crippen LogP contribution in [0.2, 0.25) is 0 Å². The lowest BCUT2D eigenvalue weighted by atomic mass is 10.2. The number of esters is 1. The van der Waals surface area contributed by atoms with Crippen molar-refractivity contribution in [2.75, 3.05) is 17.2 Å². The predicted octanol–water partition coefficient (Wildman–Crippen LogP) is 2.23. The van der Waals surface area contributed by atoms with Crippen LogP contribution in [0, 0.1) is 0 Å². The third-order valence-corrected chi connectivity index (χ3v) is 4.75. The molecule has 0 aliphatic heterocycles. The number of fused-ring (bicyclic) bond motifs is 1. The molecule has 0 saturated heterocycles. The lowest BCUT2D eigenvalue weighted by Crippen LogP contribution is -2.28. The summed E-state index contributed by atoms with van der Waals surface area (Å²) in [6.07, 6.45) is 1.27. The highest BCUT2D eigenvalue weighted by molar-refractivity contribution is 7.17. The maximum atomic E-state index is 12.8. The fraction of sp³-hybridized carbons (Fsp3) is 0.211. The molecule has 2 heterocycles. The fourth-order valence-corrected chi connectivity index (χ4v) is 3.50. The molecule has 9 nitrogen and oxygen atoms in total. The summed E-state index contributed by atoms with van der Waals surface area (Å²) >= 11 is 1.16. The average molecular weight is 414 g/mol. The number of aromatic nitrogens is 2.